The molecule has 1 unspecified atom stereocenters. The van der Waals surface area contributed by atoms with Crippen LogP contribution in [-0.4, -0.2) is 50.8 Å². The highest BCUT2D eigenvalue weighted by Gasteiger charge is 2.16. The molecule has 1 fully saturated rings. The van der Waals surface area contributed by atoms with Gasteiger partial charge in [0, 0.05) is 39.8 Å². The predicted octanol–water partition coefficient (Wildman–Crippen LogP) is 3.40. The molecule has 7 heteroatoms. The standard InChI is InChI=1S/C23H32N4O2.HI/c1-18-16-27(10-11-29-18)17-21-8-4-6-19(12-21)14-25-23(24-2)26-15-20-7-5-9-22(13-20)28-3;/h4-9,12-13,18H,10-11,14-17H2,1-3H3,(H2,24,25,26);1H. The van der Waals surface area contributed by atoms with Crippen molar-refractivity contribution in [1.82, 2.24) is 15.5 Å². The van der Waals surface area contributed by atoms with Crippen LogP contribution in [0.5, 0.6) is 5.75 Å². The second-order valence-electron chi connectivity index (χ2n) is 7.37. The van der Waals surface area contributed by atoms with Gasteiger partial charge in [0.15, 0.2) is 5.96 Å². The first-order valence-corrected chi connectivity index (χ1v) is 10.2. The summed E-state index contributed by atoms with van der Waals surface area (Å²) < 4.78 is 10.9. The Bertz CT molecular complexity index is 815. The van der Waals surface area contributed by atoms with E-state index in [1.807, 2.05) is 18.2 Å². The molecule has 0 aromatic heterocycles. The minimum atomic E-state index is 0. The van der Waals surface area contributed by atoms with Crippen LogP contribution in [0, 0.1) is 0 Å². The van der Waals surface area contributed by atoms with Crippen molar-refractivity contribution in [2.45, 2.75) is 32.7 Å². The number of nitrogens with zero attached hydrogens (tertiary/aromatic N) is 2. The number of rotatable bonds is 7. The largest absolute Gasteiger partial charge is 0.497 e. The quantitative estimate of drug-likeness (QED) is 0.331. The normalized spacial score (nSPS) is 17.2. The molecule has 3 rings (SSSR count). The van der Waals surface area contributed by atoms with Crippen molar-refractivity contribution in [3.05, 3.63) is 65.2 Å². The number of methoxy groups -OCH3 is 1. The molecule has 0 spiro atoms. The summed E-state index contributed by atoms with van der Waals surface area (Å²) in [5, 5.41) is 6.75. The lowest BCUT2D eigenvalue weighted by molar-refractivity contribution is -0.0212. The lowest BCUT2D eigenvalue weighted by Gasteiger charge is -2.31. The minimum Gasteiger partial charge on any atom is -0.497 e. The molecule has 30 heavy (non-hydrogen) atoms. The molecule has 2 aromatic rings. The molecule has 2 aromatic carbocycles. The van der Waals surface area contributed by atoms with Crippen LogP contribution >= 0.6 is 24.0 Å². The average Bonchev–Trinajstić information content (AvgIpc) is 2.74. The maximum absolute atomic E-state index is 5.64. The monoisotopic (exact) mass is 524 g/mol. The highest BCUT2D eigenvalue weighted by Crippen LogP contribution is 2.13. The van der Waals surface area contributed by atoms with Crippen LogP contribution in [0.3, 0.4) is 0 Å². The van der Waals surface area contributed by atoms with E-state index in [-0.39, 0.29) is 24.0 Å². The molecule has 164 valence electrons. The number of morpholine rings is 1. The Morgan fingerprint density at radius 3 is 2.43 bits per heavy atom. The second kappa shape index (κ2) is 12.8. The maximum Gasteiger partial charge on any atom is 0.191 e. The second-order valence-corrected chi connectivity index (χ2v) is 7.37. The summed E-state index contributed by atoms with van der Waals surface area (Å²) in [6.07, 6.45) is 0.313. The maximum atomic E-state index is 5.64. The topological polar surface area (TPSA) is 58.1 Å². The summed E-state index contributed by atoms with van der Waals surface area (Å²) in [7, 11) is 3.47. The lowest BCUT2D eigenvalue weighted by atomic mass is 10.1. The van der Waals surface area contributed by atoms with Crippen LogP contribution in [0.15, 0.2) is 53.5 Å². The number of hydrogen-bond donors (Lipinski definition) is 2. The van der Waals surface area contributed by atoms with E-state index in [4.69, 9.17) is 9.47 Å². The van der Waals surface area contributed by atoms with Crippen molar-refractivity contribution in [2.75, 3.05) is 33.9 Å². The van der Waals surface area contributed by atoms with E-state index in [1.165, 1.54) is 11.1 Å². The zero-order valence-electron chi connectivity index (χ0n) is 18.1. The van der Waals surface area contributed by atoms with Gasteiger partial charge in [-0.2, -0.15) is 0 Å². The van der Waals surface area contributed by atoms with Crippen molar-refractivity contribution < 1.29 is 9.47 Å². The van der Waals surface area contributed by atoms with Gasteiger partial charge >= 0.3 is 0 Å². The Hall–Kier alpha value is -1.84. The van der Waals surface area contributed by atoms with Gasteiger partial charge in [-0.1, -0.05) is 36.4 Å². The van der Waals surface area contributed by atoms with Crippen LogP contribution in [0.2, 0.25) is 0 Å². The summed E-state index contributed by atoms with van der Waals surface area (Å²) in [4.78, 5) is 6.78. The van der Waals surface area contributed by atoms with Gasteiger partial charge in [-0.05, 0) is 35.7 Å². The fraction of sp³-hybridized carbons (Fsp3) is 0.435. The van der Waals surface area contributed by atoms with Gasteiger partial charge < -0.3 is 20.1 Å². The Morgan fingerprint density at radius 1 is 1.10 bits per heavy atom. The molecular weight excluding hydrogens is 491 g/mol. The molecule has 0 aliphatic carbocycles. The molecule has 1 heterocycles. The fourth-order valence-corrected chi connectivity index (χ4v) is 3.50. The average molecular weight is 524 g/mol. The van der Waals surface area contributed by atoms with Crippen LogP contribution in [-0.2, 0) is 24.4 Å². The molecule has 0 amide bonds. The van der Waals surface area contributed by atoms with E-state index in [2.05, 4.69) is 57.8 Å². The molecule has 1 aliphatic heterocycles. The Balaban J connectivity index is 0.00000320. The number of ether oxygens (including phenoxy) is 2. The van der Waals surface area contributed by atoms with Gasteiger partial charge in [0.2, 0.25) is 0 Å². The SMILES string of the molecule is CN=C(NCc1cccc(CN2CCOC(C)C2)c1)NCc1cccc(OC)c1.I. The Kier molecular flexibility index (Phi) is 10.4. The molecule has 0 saturated carbocycles. The first-order chi connectivity index (χ1) is 14.2. The van der Waals surface area contributed by atoms with Crippen molar-refractivity contribution in [2.24, 2.45) is 4.99 Å². The molecular formula is C23H33IN4O2. The van der Waals surface area contributed by atoms with E-state index in [0.717, 1.165) is 50.1 Å². The van der Waals surface area contributed by atoms with Crippen LogP contribution in [0.4, 0.5) is 0 Å². The number of guanidine groups is 1. The third kappa shape index (κ3) is 7.77. The summed E-state index contributed by atoms with van der Waals surface area (Å²) in [5.41, 5.74) is 3.72. The van der Waals surface area contributed by atoms with Crippen molar-refractivity contribution in [1.29, 1.82) is 0 Å². The molecule has 1 aliphatic rings. The van der Waals surface area contributed by atoms with Gasteiger partial charge in [-0.25, -0.2) is 0 Å². The molecule has 1 saturated heterocycles. The fourth-order valence-electron chi connectivity index (χ4n) is 3.50. The lowest BCUT2D eigenvalue weighted by Crippen LogP contribution is -2.40. The first-order valence-electron chi connectivity index (χ1n) is 10.2. The number of nitrogens with one attached hydrogen (secondary N) is 2. The Morgan fingerprint density at radius 2 is 1.77 bits per heavy atom. The van der Waals surface area contributed by atoms with E-state index in [1.54, 1.807) is 14.2 Å². The summed E-state index contributed by atoms with van der Waals surface area (Å²) in [6, 6.07) is 16.8. The number of hydrogen-bond acceptors (Lipinski definition) is 4. The molecule has 2 N–H and O–H groups in total. The van der Waals surface area contributed by atoms with Gasteiger partial charge in [0.05, 0.1) is 19.8 Å². The summed E-state index contributed by atoms with van der Waals surface area (Å²) in [5.74, 6) is 1.64. The van der Waals surface area contributed by atoms with Crippen molar-refractivity contribution in [3.8, 4) is 5.75 Å². The predicted molar refractivity (Wildman–Crippen MR) is 133 cm³/mol. The summed E-state index contributed by atoms with van der Waals surface area (Å²) >= 11 is 0. The van der Waals surface area contributed by atoms with E-state index in [0.29, 0.717) is 12.6 Å². The smallest absolute Gasteiger partial charge is 0.191 e. The molecule has 1 atom stereocenters. The van der Waals surface area contributed by atoms with Gasteiger partial charge in [-0.15, -0.1) is 24.0 Å². The van der Waals surface area contributed by atoms with Crippen molar-refractivity contribution >= 4 is 29.9 Å². The van der Waals surface area contributed by atoms with Gasteiger partial charge in [0.1, 0.15) is 5.75 Å². The third-order valence-electron chi connectivity index (χ3n) is 5.00. The molecule has 0 bridgehead atoms. The first kappa shape index (κ1) is 24.4. The van der Waals surface area contributed by atoms with E-state index in [9.17, 15) is 0 Å². The van der Waals surface area contributed by atoms with Crippen LogP contribution in [0.1, 0.15) is 23.6 Å². The number of halogens is 1. The highest BCUT2D eigenvalue weighted by molar-refractivity contribution is 14.0. The number of benzene rings is 2. The van der Waals surface area contributed by atoms with E-state index >= 15 is 0 Å². The zero-order valence-corrected chi connectivity index (χ0v) is 20.4. The minimum absolute atomic E-state index is 0. The van der Waals surface area contributed by atoms with Crippen molar-refractivity contribution in [3.63, 3.8) is 0 Å². The third-order valence-corrected chi connectivity index (χ3v) is 5.00. The molecule has 0 radical (unpaired) electrons. The molecule has 6 nitrogen and oxygen atoms in total. The van der Waals surface area contributed by atoms with Gasteiger partial charge in [0.25, 0.3) is 0 Å². The van der Waals surface area contributed by atoms with Crippen LogP contribution in [0.25, 0.3) is 0 Å². The van der Waals surface area contributed by atoms with Gasteiger partial charge in [-0.3, -0.25) is 9.89 Å². The van der Waals surface area contributed by atoms with E-state index < -0.39 is 0 Å². The highest BCUT2D eigenvalue weighted by atomic mass is 127. The van der Waals surface area contributed by atoms with Crippen LogP contribution < -0.4 is 15.4 Å². The summed E-state index contributed by atoms with van der Waals surface area (Å²) in [6.45, 7) is 7.31. The number of aliphatic imine (C=N–C) groups is 1. The zero-order chi connectivity index (χ0) is 20.5. The Labute approximate surface area is 197 Å².